The molecule has 1 fully saturated rings. The van der Waals surface area contributed by atoms with E-state index in [1.807, 2.05) is 41.2 Å². The molecule has 1 aliphatic rings. The van der Waals surface area contributed by atoms with E-state index >= 15 is 0 Å². The molecule has 2 aromatic carbocycles. The van der Waals surface area contributed by atoms with Crippen molar-refractivity contribution in [3.05, 3.63) is 76.6 Å². The summed E-state index contributed by atoms with van der Waals surface area (Å²) in [5, 5.41) is 18.4. The van der Waals surface area contributed by atoms with E-state index in [1.165, 1.54) is 5.56 Å². The van der Waals surface area contributed by atoms with Crippen molar-refractivity contribution in [1.29, 1.82) is 5.26 Å². The monoisotopic (exact) mass is 420 g/mol. The second-order valence-corrected chi connectivity index (χ2v) is 8.35. The molecule has 0 N–H and O–H groups in total. The highest BCUT2D eigenvalue weighted by atomic mass is 35.5. The van der Waals surface area contributed by atoms with Gasteiger partial charge in [0, 0.05) is 31.7 Å². The minimum Gasteiger partial charge on any atom is -0.367 e. The lowest BCUT2D eigenvalue weighted by atomic mass is 10.1. The summed E-state index contributed by atoms with van der Waals surface area (Å²) >= 11 is 6.44. The predicted molar refractivity (Wildman–Crippen MR) is 118 cm³/mol. The van der Waals surface area contributed by atoms with Crippen LogP contribution in [0.25, 0.3) is 0 Å². The first-order valence-electron chi connectivity index (χ1n) is 10.2. The van der Waals surface area contributed by atoms with Crippen molar-refractivity contribution in [1.82, 2.24) is 19.9 Å². The molecule has 1 aliphatic heterocycles. The third-order valence-corrected chi connectivity index (χ3v) is 5.94. The third-order valence-electron chi connectivity index (χ3n) is 5.64. The molecule has 0 saturated carbocycles. The molecule has 0 radical (unpaired) electrons. The van der Waals surface area contributed by atoms with Gasteiger partial charge < -0.3 is 4.90 Å². The minimum atomic E-state index is 0.333. The molecule has 7 heteroatoms. The second-order valence-electron chi connectivity index (χ2n) is 7.95. The molecule has 6 nitrogen and oxygen atoms in total. The van der Waals surface area contributed by atoms with Crippen LogP contribution in [-0.2, 0) is 13.1 Å². The lowest BCUT2D eigenvalue weighted by Gasteiger charge is -2.45. The van der Waals surface area contributed by atoms with E-state index in [9.17, 15) is 0 Å². The van der Waals surface area contributed by atoms with Gasteiger partial charge in [-0.25, -0.2) is 4.68 Å². The zero-order chi connectivity index (χ0) is 21.1. The third kappa shape index (κ3) is 4.48. The summed E-state index contributed by atoms with van der Waals surface area (Å²) in [6, 6.07) is 18.6. The molecular formula is C23H25ClN6. The zero-order valence-corrected chi connectivity index (χ0v) is 18.0. The van der Waals surface area contributed by atoms with Crippen molar-refractivity contribution in [2.45, 2.75) is 39.0 Å². The fraction of sp³-hybridized carbons (Fsp3) is 0.348. The molecule has 154 valence electrons. The van der Waals surface area contributed by atoms with E-state index in [2.05, 4.69) is 52.2 Å². The van der Waals surface area contributed by atoms with Gasteiger partial charge in [-0.05, 0) is 37.6 Å². The molecule has 1 saturated heterocycles. The highest BCUT2D eigenvalue weighted by Gasteiger charge is 2.31. The Balaban J connectivity index is 1.42. The van der Waals surface area contributed by atoms with Gasteiger partial charge in [0.05, 0.1) is 40.8 Å². The van der Waals surface area contributed by atoms with Crippen molar-refractivity contribution < 1.29 is 0 Å². The van der Waals surface area contributed by atoms with E-state index in [0.717, 1.165) is 37.6 Å². The van der Waals surface area contributed by atoms with Gasteiger partial charge in [0.2, 0.25) is 0 Å². The Morgan fingerprint density at radius 1 is 1.07 bits per heavy atom. The van der Waals surface area contributed by atoms with Crippen LogP contribution >= 0.6 is 11.6 Å². The molecule has 3 aromatic rings. The molecule has 4 rings (SSSR count). The number of hydrogen-bond acceptors (Lipinski definition) is 5. The molecule has 0 amide bonds. The first kappa shape index (κ1) is 20.4. The predicted octanol–water partition coefficient (Wildman–Crippen LogP) is 3.95. The molecular weight excluding hydrogens is 396 g/mol. The summed E-state index contributed by atoms with van der Waals surface area (Å²) in [5.41, 5.74) is 3.77. The highest BCUT2D eigenvalue weighted by molar-refractivity contribution is 6.33. The Morgan fingerprint density at radius 2 is 1.80 bits per heavy atom. The number of benzene rings is 2. The van der Waals surface area contributed by atoms with Gasteiger partial charge >= 0.3 is 0 Å². The van der Waals surface area contributed by atoms with Crippen LogP contribution < -0.4 is 4.90 Å². The Bertz CT molecular complexity index is 1030. The fourth-order valence-corrected chi connectivity index (χ4v) is 4.44. The van der Waals surface area contributed by atoms with Crippen molar-refractivity contribution >= 4 is 17.3 Å². The number of nitriles is 1. The summed E-state index contributed by atoms with van der Waals surface area (Å²) in [5.74, 6) is 0. The van der Waals surface area contributed by atoms with Crippen molar-refractivity contribution in [3.8, 4) is 6.07 Å². The molecule has 0 bridgehead atoms. The largest absolute Gasteiger partial charge is 0.367 e. The summed E-state index contributed by atoms with van der Waals surface area (Å²) in [6.07, 6.45) is 2.04. The van der Waals surface area contributed by atoms with Crippen LogP contribution in [0.5, 0.6) is 0 Å². The lowest BCUT2D eigenvalue weighted by Crippen LogP contribution is -2.56. The van der Waals surface area contributed by atoms with E-state index in [4.69, 9.17) is 16.9 Å². The fourth-order valence-electron chi connectivity index (χ4n) is 4.14. The average molecular weight is 421 g/mol. The van der Waals surface area contributed by atoms with Crippen LogP contribution in [0.3, 0.4) is 0 Å². The molecule has 30 heavy (non-hydrogen) atoms. The van der Waals surface area contributed by atoms with Crippen molar-refractivity contribution in [2.24, 2.45) is 0 Å². The van der Waals surface area contributed by atoms with Gasteiger partial charge in [0.25, 0.3) is 0 Å². The van der Waals surface area contributed by atoms with E-state index < -0.39 is 0 Å². The van der Waals surface area contributed by atoms with Crippen molar-refractivity contribution in [3.63, 3.8) is 0 Å². The van der Waals surface area contributed by atoms with Gasteiger partial charge in [0.15, 0.2) is 0 Å². The highest BCUT2D eigenvalue weighted by Crippen LogP contribution is 2.30. The minimum absolute atomic E-state index is 0.333. The average Bonchev–Trinajstić information content (AvgIpc) is 3.18. The first-order valence-corrected chi connectivity index (χ1v) is 10.5. The molecule has 0 aliphatic carbocycles. The second kappa shape index (κ2) is 8.86. The van der Waals surface area contributed by atoms with Crippen LogP contribution in [0, 0.1) is 11.3 Å². The number of aromatic nitrogens is 3. The first-order chi connectivity index (χ1) is 14.5. The lowest BCUT2D eigenvalue weighted by molar-refractivity contribution is 0.121. The molecule has 0 spiro atoms. The smallest absolute Gasteiger partial charge is 0.0992 e. The summed E-state index contributed by atoms with van der Waals surface area (Å²) < 4.78 is 1.90. The van der Waals surface area contributed by atoms with E-state index in [1.54, 1.807) is 6.07 Å². The van der Waals surface area contributed by atoms with Gasteiger partial charge in [-0.2, -0.15) is 5.26 Å². The van der Waals surface area contributed by atoms with Gasteiger partial charge in [0.1, 0.15) is 0 Å². The topological polar surface area (TPSA) is 61.0 Å². The van der Waals surface area contributed by atoms with Crippen molar-refractivity contribution in [2.75, 3.05) is 18.0 Å². The number of rotatable bonds is 5. The number of anilines is 1. The summed E-state index contributed by atoms with van der Waals surface area (Å²) in [6.45, 7) is 7.70. The van der Waals surface area contributed by atoms with Crippen LogP contribution in [0.15, 0.2) is 54.7 Å². The van der Waals surface area contributed by atoms with Crippen LogP contribution in [-0.4, -0.2) is 45.1 Å². The quantitative estimate of drug-likeness (QED) is 0.625. The maximum atomic E-state index is 9.06. The number of halogens is 1. The Hall–Kier alpha value is -2.88. The zero-order valence-electron chi connectivity index (χ0n) is 17.2. The van der Waals surface area contributed by atoms with Crippen LogP contribution in [0.4, 0.5) is 5.69 Å². The molecule has 2 heterocycles. The number of nitrogens with zero attached hydrogens (tertiary/aromatic N) is 6. The summed E-state index contributed by atoms with van der Waals surface area (Å²) in [4.78, 5) is 4.77. The van der Waals surface area contributed by atoms with E-state index in [-0.39, 0.29) is 0 Å². The van der Waals surface area contributed by atoms with E-state index in [0.29, 0.717) is 22.7 Å². The summed E-state index contributed by atoms with van der Waals surface area (Å²) in [7, 11) is 0. The normalized spacial score (nSPS) is 19.6. The standard InChI is InChI=1S/C23H25ClN6/c1-17-12-28(23-9-8-20(11-25)10-22(23)24)13-18(2)30(17)16-21-15-29(27-26-21)14-19-6-4-3-5-7-19/h3-10,15,17-18H,12-14,16H2,1-2H3. The SMILES string of the molecule is CC1CN(c2ccc(C#N)cc2Cl)CC(C)N1Cc1cn(Cc2ccccc2)nn1. The van der Waals surface area contributed by atoms with Crippen LogP contribution in [0.2, 0.25) is 5.02 Å². The van der Waals surface area contributed by atoms with Gasteiger partial charge in [-0.3, -0.25) is 4.90 Å². The van der Waals surface area contributed by atoms with Gasteiger partial charge in [-0.1, -0.05) is 47.1 Å². The molecule has 2 unspecified atom stereocenters. The number of hydrogen-bond donors (Lipinski definition) is 0. The Morgan fingerprint density at radius 3 is 2.47 bits per heavy atom. The Kier molecular flexibility index (Phi) is 6.03. The maximum absolute atomic E-state index is 9.06. The Labute approximate surface area is 182 Å². The van der Waals surface area contributed by atoms with Gasteiger partial charge in [-0.15, -0.1) is 5.10 Å². The number of piperazine rings is 1. The maximum Gasteiger partial charge on any atom is 0.0992 e. The molecule has 1 aromatic heterocycles. The van der Waals surface area contributed by atoms with Crippen LogP contribution in [0.1, 0.15) is 30.7 Å². The molecule has 2 atom stereocenters.